The van der Waals surface area contributed by atoms with Crippen LogP contribution in [0.3, 0.4) is 0 Å². The normalized spacial score (nSPS) is 16.9. The Morgan fingerprint density at radius 2 is 1.88 bits per heavy atom. The summed E-state index contributed by atoms with van der Waals surface area (Å²) >= 11 is 0. The van der Waals surface area contributed by atoms with Gasteiger partial charge in [-0.05, 0) is 19.1 Å². The third kappa shape index (κ3) is 3.70. The second-order valence-corrected chi connectivity index (χ2v) is 5.88. The molecule has 2 aromatic heterocycles. The van der Waals surface area contributed by atoms with Crippen molar-refractivity contribution in [3.63, 3.8) is 0 Å². The van der Waals surface area contributed by atoms with E-state index >= 15 is 0 Å². The lowest BCUT2D eigenvalue weighted by Gasteiger charge is -2.31. The van der Waals surface area contributed by atoms with Gasteiger partial charge in [0.25, 0.3) is 11.5 Å². The smallest absolute Gasteiger partial charge is 0.332 e. The first-order valence-electron chi connectivity index (χ1n) is 7.49. The molecule has 8 nitrogen and oxygen atoms in total. The number of hydrogen-bond acceptors (Lipinski definition) is 5. The van der Waals surface area contributed by atoms with E-state index in [1.54, 1.807) is 17.0 Å². The van der Waals surface area contributed by atoms with Crippen molar-refractivity contribution < 1.29 is 4.79 Å². The quantitative estimate of drug-likeness (QED) is 0.735. The molecule has 1 saturated heterocycles. The number of aryl methyl sites for hydroxylation is 1. The molecule has 1 aliphatic rings. The molecule has 1 aliphatic heterocycles. The zero-order valence-corrected chi connectivity index (χ0v) is 15.8. The third-order valence-corrected chi connectivity index (χ3v) is 4.18. The van der Waals surface area contributed by atoms with Crippen LogP contribution < -0.4 is 16.6 Å². The molecule has 1 N–H and O–H groups in total. The summed E-state index contributed by atoms with van der Waals surface area (Å²) in [6.45, 7) is 3.96. The fraction of sp³-hybridized carbons (Fsp3) is 0.467. The van der Waals surface area contributed by atoms with Gasteiger partial charge in [-0.1, -0.05) is 0 Å². The van der Waals surface area contributed by atoms with E-state index in [0.29, 0.717) is 18.5 Å². The molecule has 1 fully saturated rings. The molecule has 138 valence electrons. The Kier molecular flexibility index (Phi) is 6.75. The summed E-state index contributed by atoms with van der Waals surface area (Å²) in [5.41, 5.74) is -0.400. The highest BCUT2D eigenvalue weighted by Gasteiger charge is 2.23. The number of piperazine rings is 1. The minimum atomic E-state index is -0.463. The number of pyridine rings is 1. The fourth-order valence-corrected chi connectivity index (χ4v) is 2.85. The van der Waals surface area contributed by atoms with Crippen molar-refractivity contribution in [1.82, 2.24) is 24.3 Å². The van der Waals surface area contributed by atoms with Gasteiger partial charge in [-0.2, -0.15) is 0 Å². The van der Waals surface area contributed by atoms with Crippen LogP contribution in [0.4, 0.5) is 0 Å². The number of halogens is 2. The van der Waals surface area contributed by atoms with Crippen LogP contribution in [0.5, 0.6) is 0 Å². The van der Waals surface area contributed by atoms with Crippen molar-refractivity contribution in [3.8, 4) is 0 Å². The van der Waals surface area contributed by atoms with E-state index < -0.39 is 11.2 Å². The molecule has 1 atom stereocenters. The summed E-state index contributed by atoms with van der Waals surface area (Å²) in [5, 5.41) is 3.59. The molecule has 0 radical (unpaired) electrons. The summed E-state index contributed by atoms with van der Waals surface area (Å²) in [6.07, 6.45) is 0. The SMILES string of the molecule is CC1CN(C(=O)c2ccc3c(=O)n(C)c(=O)n(C)c3n2)CCN1.Cl.Cl. The maximum Gasteiger partial charge on any atom is 0.332 e. The monoisotopic (exact) mass is 389 g/mol. The number of fused-ring (bicyclic) bond motifs is 1. The predicted octanol–water partition coefficient (Wildman–Crippen LogP) is -0.0903. The number of carbonyl (C=O) groups is 1. The van der Waals surface area contributed by atoms with Gasteiger partial charge in [0.2, 0.25) is 0 Å². The number of rotatable bonds is 1. The maximum absolute atomic E-state index is 12.6. The highest BCUT2D eigenvalue weighted by Crippen LogP contribution is 2.10. The Morgan fingerprint density at radius 3 is 2.52 bits per heavy atom. The van der Waals surface area contributed by atoms with Gasteiger partial charge in [-0.3, -0.25) is 18.7 Å². The molecule has 2 aromatic rings. The standard InChI is InChI=1S/C15H19N5O3.2ClH/c1-9-8-20(7-6-16-9)14(22)11-5-4-10-12(17-11)18(2)15(23)19(3)13(10)21;;/h4-5,9,16H,6-8H2,1-3H3;2*1H. The number of hydrogen-bond donors (Lipinski definition) is 1. The van der Waals surface area contributed by atoms with Crippen molar-refractivity contribution in [2.24, 2.45) is 14.1 Å². The second kappa shape index (κ2) is 7.99. The average molecular weight is 390 g/mol. The highest BCUT2D eigenvalue weighted by molar-refractivity contribution is 5.94. The van der Waals surface area contributed by atoms with Crippen LogP contribution in [0.25, 0.3) is 11.0 Å². The molecular weight excluding hydrogens is 369 g/mol. The first-order valence-corrected chi connectivity index (χ1v) is 7.49. The van der Waals surface area contributed by atoms with Crippen LogP contribution in [0.1, 0.15) is 17.4 Å². The molecule has 1 unspecified atom stereocenters. The summed E-state index contributed by atoms with van der Waals surface area (Å²) < 4.78 is 2.32. The largest absolute Gasteiger partial charge is 0.334 e. The number of nitrogens with zero attached hydrogens (tertiary/aromatic N) is 4. The van der Waals surface area contributed by atoms with Gasteiger partial charge in [0, 0.05) is 39.8 Å². The van der Waals surface area contributed by atoms with Gasteiger partial charge in [-0.15, -0.1) is 24.8 Å². The number of nitrogens with one attached hydrogen (secondary N) is 1. The molecule has 0 bridgehead atoms. The van der Waals surface area contributed by atoms with Crippen molar-refractivity contribution in [3.05, 3.63) is 38.7 Å². The van der Waals surface area contributed by atoms with E-state index in [-0.39, 0.29) is 48.1 Å². The molecule has 3 heterocycles. The lowest BCUT2D eigenvalue weighted by Crippen LogP contribution is -2.51. The van der Waals surface area contributed by atoms with Gasteiger partial charge < -0.3 is 10.2 Å². The van der Waals surface area contributed by atoms with Crippen molar-refractivity contribution in [2.75, 3.05) is 19.6 Å². The Labute approximate surface area is 156 Å². The summed E-state index contributed by atoms with van der Waals surface area (Å²) in [7, 11) is 2.96. The molecule has 1 amide bonds. The minimum Gasteiger partial charge on any atom is -0.334 e. The fourth-order valence-electron chi connectivity index (χ4n) is 2.85. The van der Waals surface area contributed by atoms with E-state index in [2.05, 4.69) is 10.3 Å². The van der Waals surface area contributed by atoms with E-state index in [9.17, 15) is 14.4 Å². The molecule has 10 heteroatoms. The van der Waals surface area contributed by atoms with Crippen LogP contribution in [0, 0.1) is 0 Å². The Hall–Kier alpha value is -1.90. The molecule has 0 aliphatic carbocycles. The van der Waals surface area contributed by atoms with Crippen LogP contribution in [0.2, 0.25) is 0 Å². The van der Waals surface area contributed by atoms with Crippen molar-refractivity contribution in [2.45, 2.75) is 13.0 Å². The summed E-state index contributed by atoms with van der Waals surface area (Å²) in [5.74, 6) is -0.187. The van der Waals surface area contributed by atoms with Crippen LogP contribution in [0.15, 0.2) is 21.7 Å². The summed E-state index contributed by atoms with van der Waals surface area (Å²) in [4.78, 5) is 42.8. The van der Waals surface area contributed by atoms with Crippen LogP contribution >= 0.6 is 24.8 Å². The van der Waals surface area contributed by atoms with Crippen LogP contribution in [-0.2, 0) is 14.1 Å². The van der Waals surface area contributed by atoms with Gasteiger partial charge in [-0.25, -0.2) is 9.78 Å². The lowest BCUT2D eigenvalue weighted by atomic mass is 10.2. The predicted molar refractivity (Wildman–Crippen MR) is 100 cm³/mol. The van der Waals surface area contributed by atoms with E-state index in [1.165, 1.54) is 18.7 Å². The molecule has 0 spiro atoms. The molecule has 3 rings (SSSR count). The van der Waals surface area contributed by atoms with Gasteiger partial charge in [0.1, 0.15) is 11.3 Å². The minimum absolute atomic E-state index is 0. The maximum atomic E-state index is 12.6. The number of amides is 1. The zero-order valence-electron chi connectivity index (χ0n) is 14.2. The average Bonchev–Trinajstić information content (AvgIpc) is 2.57. The zero-order chi connectivity index (χ0) is 16.7. The van der Waals surface area contributed by atoms with Gasteiger partial charge >= 0.3 is 5.69 Å². The molecule has 0 saturated carbocycles. The van der Waals surface area contributed by atoms with Gasteiger partial charge in [0.15, 0.2) is 0 Å². The Bertz CT molecular complexity index is 908. The van der Waals surface area contributed by atoms with Crippen molar-refractivity contribution >= 4 is 41.8 Å². The number of aromatic nitrogens is 3. The Morgan fingerprint density at radius 1 is 1.20 bits per heavy atom. The first-order chi connectivity index (χ1) is 10.9. The first kappa shape index (κ1) is 21.1. The highest BCUT2D eigenvalue weighted by atomic mass is 35.5. The second-order valence-electron chi connectivity index (χ2n) is 5.88. The molecule has 25 heavy (non-hydrogen) atoms. The van der Waals surface area contributed by atoms with Crippen molar-refractivity contribution in [1.29, 1.82) is 0 Å². The van der Waals surface area contributed by atoms with E-state index in [0.717, 1.165) is 11.1 Å². The van der Waals surface area contributed by atoms with Crippen LogP contribution in [-0.4, -0.2) is 50.6 Å². The topological polar surface area (TPSA) is 89.2 Å². The lowest BCUT2D eigenvalue weighted by molar-refractivity contribution is 0.0703. The third-order valence-electron chi connectivity index (χ3n) is 4.18. The van der Waals surface area contributed by atoms with Gasteiger partial charge in [0.05, 0.1) is 5.39 Å². The van der Waals surface area contributed by atoms with E-state index in [4.69, 9.17) is 0 Å². The molecular formula is C15H21Cl2N5O3. The summed E-state index contributed by atoms with van der Waals surface area (Å²) in [6, 6.07) is 3.33. The molecule has 0 aromatic carbocycles. The van der Waals surface area contributed by atoms with E-state index in [1.807, 2.05) is 6.92 Å². The number of carbonyl (C=O) groups excluding carboxylic acids is 1. The Balaban J connectivity index is 0.00000156.